The highest BCUT2D eigenvalue weighted by molar-refractivity contribution is 7.89. The van der Waals surface area contributed by atoms with Gasteiger partial charge in [0.1, 0.15) is 79.4 Å². The Hall–Kier alpha value is -2.51. The third-order valence-electron chi connectivity index (χ3n) is 13.1. The van der Waals surface area contributed by atoms with Crippen LogP contribution in [0.1, 0.15) is 6.42 Å². The van der Waals surface area contributed by atoms with Gasteiger partial charge in [0, 0.05) is 55.0 Å². The van der Waals surface area contributed by atoms with E-state index in [-0.39, 0.29) is 0 Å². The smallest absolute Gasteiger partial charge is 0.218 e. The summed E-state index contributed by atoms with van der Waals surface area (Å²) in [6, 6.07) is 0. The molecule has 24 atom stereocenters. The van der Waals surface area contributed by atoms with Gasteiger partial charge in [-0.05, 0) is 0 Å². The summed E-state index contributed by atoms with van der Waals surface area (Å²) < 4.78 is 409. The molecule has 0 radical (unpaired) electrons. The summed E-state index contributed by atoms with van der Waals surface area (Å²) in [6.07, 6.45) is -69.9. The van der Waals surface area contributed by atoms with E-state index in [0.29, 0.717) is 28.4 Å². The van der Waals surface area contributed by atoms with Crippen LogP contribution in [0.4, 0.5) is 0 Å². The van der Waals surface area contributed by atoms with Crippen LogP contribution in [0, 0.1) is 0 Å². The zero-order chi connectivity index (χ0) is 76.2. The van der Waals surface area contributed by atoms with Crippen molar-refractivity contribution in [1.29, 1.82) is 0 Å². The lowest BCUT2D eigenvalue weighted by molar-refractivity contribution is -0.777. The lowest BCUT2D eigenvalue weighted by Gasteiger charge is -2.51. The van der Waals surface area contributed by atoms with Crippen molar-refractivity contribution in [3.8, 4) is 0 Å². The molecule has 4 aliphatic rings. The minimum Gasteiger partial charge on any atom is -0.726 e. The molecule has 0 aromatic rings. The maximum Gasteiger partial charge on any atom is 0.218 e. The van der Waals surface area contributed by atoms with Crippen LogP contribution in [-0.4, -0.2) is 331 Å². The SMILES string of the molecule is COC1C(OS(=O)(=O)[O-])[C@@H](O[C@H]2C(OC)C(OSOO[O-])[C@H](O[C@@H]3C(COS(=O)(=O)[O-])O[C@@H](O[C@@H](CC(=O)[O-])[C@@H](OC)C(OS(=O)(=O)[O-])[C@@H](O)O[C@H]4C(OC)C(OS(=O)(=O)[O-])[C@@H](OC)O[C@H]4COS(=O)(=O)[O-])C(OS(=O)(=O)[O-])[C@H]3OS(=O)(=O)[O-])O[C@H]2C(=O)[O-])O[C@@H](COS(=O)(=O)[O-])[C@H]1OC. The molecule has 4 heterocycles. The summed E-state index contributed by atoms with van der Waals surface area (Å²) in [5, 5.41) is 51.5. The van der Waals surface area contributed by atoms with E-state index in [2.05, 4.69) is 42.8 Å². The van der Waals surface area contributed by atoms with Crippen LogP contribution in [0.5, 0.6) is 0 Å². The molecule has 4 saturated heterocycles. The van der Waals surface area contributed by atoms with E-state index in [0.717, 1.165) is 14.2 Å². The van der Waals surface area contributed by atoms with Gasteiger partial charge in [-0.1, -0.05) is 0 Å². The van der Waals surface area contributed by atoms with E-state index in [1.165, 1.54) is 0 Å². The number of hydrogen-bond acceptors (Lipinski definition) is 56. The van der Waals surface area contributed by atoms with Gasteiger partial charge in [0.05, 0.1) is 31.9 Å². The zero-order valence-electron chi connectivity index (χ0n) is 49.9. The van der Waals surface area contributed by atoms with Crippen molar-refractivity contribution in [3.05, 3.63) is 0 Å². The molecular formula is C36H51O55S9-11. The molecule has 1 N–H and O–H groups in total. The molecular weight excluding hydrogens is 1600 g/mol. The van der Waals surface area contributed by atoms with Crippen LogP contribution in [-0.2, 0) is 206 Å². The fourth-order valence-electron chi connectivity index (χ4n) is 9.74. The molecule has 100 heavy (non-hydrogen) atoms. The molecule has 64 heteroatoms. The van der Waals surface area contributed by atoms with Crippen LogP contribution >= 0.6 is 12.3 Å². The first-order chi connectivity index (χ1) is 45.8. The monoisotopic (exact) mass is 1650 g/mol. The Bertz CT molecular complexity index is 3600. The fraction of sp³-hybridized carbons (Fsp3) is 0.944. The molecule has 4 rings (SSSR count). The Morgan fingerprint density at radius 1 is 0.430 bits per heavy atom. The quantitative estimate of drug-likeness (QED) is 0.0113. The second kappa shape index (κ2) is 37.3. The van der Waals surface area contributed by atoms with Gasteiger partial charge in [-0.25, -0.2) is 67.3 Å². The maximum atomic E-state index is 13.2. The third-order valence-corrected chi connectivity index (χ3v) is 17.1. The Kier molecular flexibility index (Phi) is 33.6. The largest absolute Gasteiger partial charge is 0.726 e. The first kappa shape index (κ1) is 89.9. The number of aliphatic hydroxyl groups is 1. The molecule has 9 unspecified atom stereocenters. The standard InChI is InChI=1S/C36H62O55S9/c1-67-16(26(86-97(55,56)57)32(41)80-18-13(9-74-94(46,47)48)77-33(72-6)28(21(18)70-4)87-98(58,59)60)11(7-15(37)38)76-35-30(89-100(64,65)66)24(85-96(52,53)54)19(14(79-35)10-75-95(49,50)51)81-34-27(84-92-91-90-42)22(71-5)23(25(83-34)31(39)40)82-36-29(88-99(61,62)63)20(69-3)17(68-2)12(78-36)8-73-93(43,44)45/h11-14,16-30,32-36,41-42H,7-10H2,1-6H3,(H,37,38)(H,39,40)(H,43,44,45)(H,46,47,48)(H,49,50,51)(H,52,53,54)(H,55,56,57)(H,58,59,60)(H,61,62,63)(H,64,65,66)/p-11/t11-,12-,13-,14?,16+,17+,18+,19+,20?,21?,22?,23-,24-,25+,26?,27?,28?,29?,30?,32-,33-,34+,35+,36+/m0/s1. The van der Waals surface area contributed by atoms with Crippen LogP contribution in [0.25, 0.3) is 0 Å². The van der Waals surface area contributed by atoms with Crippen molar-refractivity contribution >= 4 is 107 Å². The van der Waals surface area contributed by atoms with Crippen molar-refractivity contribution in [1.82, 2.24) is 0 Å². The lowest BCUT2D eigenvalue weighted by atomic mass is 9.95. The number of aliphatic carboxylic acids is 2. The number of rotatable bonds is 43. The van der Waals surface area contributed by atoms with Crippen LogP contribution in [0.15, 0.2) is 0 Å². The first-order valence-electron chi connectivity index (χ1n) is 25.6. The molecule has 0 aliphatic carbocycles. The summed E-state index contributed by atoms with van der Waals surface area (Å²) in [5.74, 6) is -5.16. The molecule has 0 spiro atoms. The highest BCUT2D eigenvalue weighted by Gasteiger charge is 2.60. The van der Waals surface area contributed by atoms with Crippen LogP contribution < -0.4 is 15.5 Å². The summed E-state index contributed by atoms with van der Waals surface area (Å²) in [5.41, 5.74) is 0. The third kappa shape index (κ3) is 28.3. The molecule has 0 amide bonds. The normalized spacial score (nSPS) is 32.9. The van der Waals surface area contributed by atoms with Gasteiger partial charge in [-0.3, -0.25) is 42.7 Å². The maximum absolute atomic E-state index is 13.2. The van der Waals surface area contributed by atoms with Gasteiger partial charge in [0.2, 0.25) is 83.2 Å². The van der Waals surface area contributed by atoms with Gasteiger partial charge < -0.3 is 133 Å². The summed E-state index contributed by atoms with van der Waals surface area (Å²) in [4.78, 5) is 25.7. The number of ether oxygens (including phenoxy) is 14. The molecule has 0 aromatic heterocycles. The molecule has 590 valence electrons. The highest BCUT2D eigenvalue weighted by atomic mass is 32.3. The Morgan fingerprint density at radius 3 is 1.23 bits per heavy atom. The van der Waals surface area contributed by atoms with Gasteiger partial charge in [-0.15, -0.1) is 4.33 Å². The number of hydrogen-bond donors (Lipinski definition) is 1. The summed E-state index contributed by atoms with van der Waals surface area (Å²) in [7, 11) is -46.0. The van der Waals surface area contributed by atoms with Crippen molar-refractivity contribution < 1.29 is 247 Å². The molecule has 4 aliphatic heterocycles. The number of methoxy groups -OCH3 is 6. The summed E-state index contributed by atoms with van der Waals surface area (Å²) in [6.45, 7) is -5.20. The van der Waals surface area contributed by atoms with Gasteiger partial charge in [-0.2, -0.15) is 0 Å². The van der Waals surface area contributed by atoms with E-state index in [1.807, 2.05) is 0 Å². The topological polar surface area (TPSA) is 812 Å². The van der Waals surface area contributed by atoms with Crippen LogP contribution in [0.3, 0.4) is 0 Å². The number of aliphatic hydroxyl groups excluding tert-OH is 1. The van der Waals surface area contributed by atoms with Crippen molar-refractivity contribution in [3.63, 3.8) is 0 Å². The first-order valence-corrected chi connectivity index (χ1v) is 36.9. The van der Waals surface area contributed by atoms with E-state index in [9.17, 15) is 134 Å². The van der Waals surface area contributed by atoms with E-state index in [4.69, 9.17) is 70.5 Å². The van der Waals surface area contributed by atoms with Gasteiger partial charge >= 0.3 is 0 Å². The Balaban J connectivity index is 1.99. The minimum atomic E-state index is -6.74. The molecule has 4 fully saturated rings. The number of carbonyl (C=O) groups is 2. The predicted molar refractivity (Wildman–Crippen MR) is 270 cm³/mol. The average Bonchev–Trinajstić information content (AvgIpc) is 0.763. The Labute approximate surface area is 568 Å². The molecule has 0 bridgehead atoms. The molecule has 0 saturated carbocycles. The minimum absolute atomic E-state index is 0.335. The van der Waals surface area contributed by atoms with E-state index >= 15 is 0 Å². The Morgan fingerprint density at radius 2 is 0.820 bits per heavy atom. The van der Waals surface area contributed by atoms with E-state index < -0.39 is 281 Å². The molecule has 55 nitrogen and oxygen atoms in total. The number of carboxylic acids is 2. The average molecular weight is 1650 g/mol. The van der Waals surface area contributed by atoms with Crippen molar-refractivity contribution in [2.45, 2.75) is 154 Å². The lowest BCUT2D eigenvalue weighted by Crippen LogP contribution is -2.69. The number of carbonyl (C=O) groups excluding carboxylic acids is 2. The van der Waals surface area contributed by atoms with Crippen molar-refractivity contribution in [2.75, 3.05) is 62.5 Å². The van der Waals surface area contributed by atoms with E-state index in [1.54, 1.807) is 0 Å². The summed E-state index contributed by atoms with van der Waals surface area (Å²) >= 11 is -0.681. The predicted octanol–water partition coefficient (Wildman–Crippen LogP) is -14.8. The van der Waals surface area contributed by atoms with Crippen molar-refractivity contribution in [2.24, 2.45) is 0 Å². The zero-order valence-corrected chi connectivity index (χ0v) is 57.2. The van der Waals surface area contributed by atoms with Gasteiger partial charge in [0.25, 0.3) is 0 Å². The second-order valence-corrected chi connectivity index (χ2v) is 27.9. The van der Waals surface area contributed by atoms with Gasteiger partial charge in [0.15, 0.2) is 74.3 Å². The fourth-order valence-corrected chi connectivity index (χ4v) is 13.4. The number of carboxylic acid groups (broad SMARTS) is 2. The highest BCUT2D eigenvalue weighted by Crippen LogP contribution is 2.41. The second-order valence-electron chi connectivity index (χ2n) is 19.2. The van der Waals surface area contributed by atoms with Crippen LogP contribution in [0.2, 0.25) is 0 Å². The molecule has 0 aromatic carbocycles.